The van der Waals surface area contributed by atoms with Crippen molar-refractivity contribution in [2.24, 2.45) is 69.7 Å². The number of nitrogens with zero attached hydrogens (tertiary/aromatic N) is 1. The van der Waals surface area contributed by atoms with E-state index in [0.29, 0.717) is 68.2 Å². The van der Waals surface area contributed by atoms with E-state index in [4.69, 9.17) is 25.9 Å². The number of aliphatic imine (C=N–C) groups is 1. The Bertz CT molecular complexity index is 4490. The van der Waals surface area contributed by atoms with Gasteiger partial charge >= 0.3 is 29.6 Å². The summed E-state index contributed by atoms with van der Waals surface area (Å²) in [5.74, 6) is 3.59. The van der Waals surface area contributed by atoms with Crippen LogP contribution in [0.1, 0.15) is 167 Å². The van der Waals surface area contributed by atoms with E-state index in [1.54, 1.807) is 12.1 Å². The SMILES string of the molecule is CNCc1cc2ccccc2c2c1CCc1cc([C@@H]3CC[C@@H]4[C@@H]5C=C[C@H]3[C@@]4(O)[C@H](Cc3ccccc3)[C@@H]([C@]3(N=C(N)N)Oc4ccc6c(c4)CC[C@@H](C)[C@@H]6C[C@@H](S(=O)(=O)[O-])[C@H]4C=C6C[C@H](C[C@H]7C[C@@H](CO)CC#Cc8cc(O)ccc8[C@@H]6O7)[C@@H]4c4ccc3cc4)C5)ccc1[C@H](O)C2.[Na+]. The molecule has 18 atom stereocenters. The summed E-state index contributed by atoms with van der Waals surface area (Å²) < 4.78 is 58.9. The second kappa shape index (κ2) is 26.7. The molecule has 13 nitrogen and oxygen atoms in total. The van der Waals surface area contributed by atoms with E-state index in [9.17, 15) is 33.4 Å². The summed E-state index contributed by atoms with van der Waals surface area (Å²) in [6.45, 7) is 2.81. The summed E-state index contributed by atoms with van der Waals surface area (Å²) >= 11 is 0. The van der Waals surface area contributed by atoms with Crippen LogP contribution in [0.5, 0.6) is 11.5 Å². The Kier molecular flexibility index (Phi) is 18.4. The van der Waals surface area contributed by atoms with Gasteiger partial charge in [0, 0.05) is 60.4 Å². The molecule has 11 aliphatic rings. The van der Waals surface area contributed by atoms with Gasteiger partial charge in [-0.1, -0.05) is 146 Å². The maximum atomic E-state index is 14.9. The first-order valence-electron chi connectivity index (χ1n) is 35.6. The number of hydrogen-bond acceptors (Lipinski definition) is 11. The predicted octanol–water partition coefficient (Wildman–Crippen LogP) is 9.67. The van der Waals surface area contributed by atoms with Gasteiger partial charge < -0.3 is 51.2 Å². The average Bonchev–Trinajstić information content (AvgIpc) is 0.704. The van der Waals surface area contributed by atoms with E-state index in [0.717, 1.165) is 88.7 Å². The Labute approximate surface area is 598 Å². The zero-order valence-corrected chi connectivity index (χ0v) is 59.2. The molecular weight excluding hydrogens is 1250 g/mol. The quantitative estimate of drug-likeness (QED) is 0.0179. The molecule has 15 heteroatoms. The monoisotopic (exact) mass is 1340 g/mol. The summed E-state index contributed by atoms with van der Waals surface area (Å²) in [7, 11) is -3.00. The van der Waals surface area contributed by atoms with Crippen LogP contribution in [-0.4, -0.2) is 70.0 Å². The van der Waals surface area contributed by atoms with Crippen LogP contribution in [0.4, 0.5) is 0 Å². The van der Waals surface area contributed by atoms with Gasteiger partial charge in [-0.2, -0.15) is 0 Å². The molecule has 5 heterocycles. The van der Waals surface area contributed by atoms with Gasteiger partial charge in [0.1, 0.15) is 17.6 Å². The van der Waals surface area contributed by atoms with Crippen LogP contribution in [0.2, 0.25) is 0 Å². The number of allylic oxidation sites excluding steroid dienone is 2. The molecule has 18 rings (SSSR count). The molecule has 0 radical (unpaired) electrons. The normalized spacial score (nSPS) is 32.7. The minimum absolute atomic E-state index is 0. The zero-order chi connectivity index (χ0) is 66.6. The van der Waals surface area contributed by atoms with Crippen LogP contribution >= 0.6 is 0 Å². The Hall–Kier alpha value is -6.58. The third-order valence-electron chi connectivity index (χ3n) is 25.0. The van der Waals surface area contributed by atoms with Crippen LogP contribution in [0.3, 0.4) is 0 Å². The molecule has 502 valence electrons. The van der Waals surface area contributed by atoms with Crippen LogP contribution in [-0.2, 0) is 59.2 Å². The van der Waals surface area contributed by atoms with Crippen molar-refractivity contribution in [3.63, 3.8) is 0 Å². The van der Waals surface area contributed by atoms with Gasteiger partial charge in [-0.3, -0.25) is 0 Å². The zero-order valence-electron chi connectivity index (χ0n) is 56.4. The fraction of sp³-hybridized carbons (Fsp3) is 0.434. The number of benzene rings is 7. The largest absolute Gasteiger partial charge is 1.00 e. The summed E-state index contributed by atoms with van der Waals surface area (Å²) in [6.07, 6.45) is 13.5. The standard InChI is InChI=1S/C83H90N4O9S.Na/c1-47-15-16-55-39-62-25-29-65(55)70(47)44-78(97(92,93)94)72-41-58-37-57(40-63-33-49(46-88)11-8-13-52-38-61(89)24-28-69(52)80(58)95-63)79(72)50-17-22-60(23-18-50)83(96-62,87-81(84)85)76-42-56-21-31-74-67(30-32-73(56)82(74,91)75(76)34-48-9-4-3-5-10-48)53-20-27-68-54(35-53)19-26-66-59(45-86-2)36-51-12-6-7-14-64(51)71(66)43-77(68)90;/h3-7,9-10,12,14,17-18,20-25,27-29,31,35-36,38-39,41,47,49,56-57,63,67,70,72-80,86,88-91H,11,15-16,19,26,30,32-34,37,40,42-46H2,1-2H3,(H4,84,85,87)(H,92,93,94);/q;+1/p-1/t47-,49+,56-,57-,63-,67+,70+,72-,73-,74-,75-,76+,77-,78-,79+,80-,82-,83-;/m1./s1. The number of rotatable bonds is 9. The van der Waals surface area contributed by atoms with E-state index in [-0.39, 0.29) is 108 Å². The Morgan fingerprint density at radius 3 is 2.36 bits per heavy atom. The summed E-state index contributed by atoms with van der Waals surface area (Å²) in [5.41, 5.74) is 24.7. The molecule has 0 spiro atoms. The predicted molar refractivity (Wildman–Crippen MR) is 376 cm³/mol. The Morgan fingerprint density at radius 1 is 0.786 bits per heavy atom. The summed E-state index contributed by atoms with van der Waals surface area (Å²) in [4.78, 5) is 5.46. The fourth-order valence-electron chi connectivity index (χ4n) is 20.8. The van der Waals surface area contributed by atoms with Gasteiger partial charge in [-0.15, -0.1) is 0 Å². The molecule has 0 amide bonds. The number of phenolic OH excluding ortho intramolecular Hbond substituents is 1. The van der Waals surface area contributed by atoms with Crippen molar-refractivity contribution in [1.29, 1.82) is 0 Å². The number of fused-ring (bicyclic) bond motifs is 12. The smallest absolute Gasteiger partial charge is 0.748 e. The van der Waals surface area contributed by atoms with Crippen molar-refractivity contribution in [2.45, 2.75) is 156 Å². The van der Waals surface area contributed by atoms with Crippen molar-refractivity contribution >= 4 is 26.9 Å². The molecular formula is C83H89N4NaO9S. The first kappa shape index (κ1) is 67.3. The molecule has 98 heavy (non-hydrogen) atoms. The molecule has 9 N–H and O–H groups in total. The topological polar surface area (TPSA) is 233 Å². The number of aliphatic hydroxyl groups excluding tert-OH is 2. The molecule has 6 aliphatic carbocycles. The number of aromatic hydroxyl groups is 1. The number of aryl methyl sites for hydroxylation is 2. The van der Waals surface area contributed by atoms with E-state index in [1.165, 1.54) is 27.5 Å². The van der Waals surface area contributed by atoms with Gasteiger partial charge in [-0.05, 0) is 240 Å². The van der Waals surface area contributed by atoms with E-state index in [2.05, 4.69) is 152 Å². The molecule has 1 saturated heterocycles. The summed E-state index contributed by atoms with van der Waals surface area (Å²) in [6, 6.07) is 47.6. The molecule has 14 bridgehead atoms. The van der Waals surface area contributed by atoms with E-state index in [1.807, 2.05) is 25.2 Å². The Morgan fingerprint density at radius 2 is 1.56 bits per heavy atom. The first-order valence-corrected chi connectivity index (χ1v) is 37.1. The number of guanidine groups is 1. The maximum Gasteiger partial charge on any atom is 1.00 e. The molecule has 2 saturated carbocycles. The number of nitrogens with one attached hydrogen (secondary N) is 1. The fourth-order valence-corrected chi connectivity index (χ4v) is 21.9. The first-order chi connectivity index (χ1) is 47.0. The van der Waals surface area contributed by atoms with Crippen molar-refractivity contribution in [3.05, 3.63) is 236 Å². The second-order valence-corrected chi connectivity index (χ2v) is 31.9. The minimum atomic E-state index is -4.99. The number of hydrogen-bond donors (Lipinski definition) is 7. The molecule has 3 fully saturated rings. The molecule has 7 aromatic rings. The van der Waals surface area contributed by atoms with Crippen molar-refractivity contribution in [3.8, 4) is 23.3 Å². The van der Waals surface area contributed by atoms with Crippen molar-refractivity contribution < 1.29 is 72.4 Å². The van der Waals surface area contributed by atoms with Gasteiger partial charge in [-0.25, -0.2) is 13.4 Å². The van der Waals surface area contributed by atoms with Gasteiger partial charge in [0.15, 0.2) is 5.96 Å². The van der Waals surface area contributed by atoms with Crippen LogP contribution in [0.15, 0.2) is 168 Å². The number of ether oxygens (including phenoxy) is 2. The second-order valence-electron chi connectivity index (χ2n) is 30.3. The Balaban J connectivity index is 0.00000784. The van der Waals surface area contributed by atoms with Gasteiger partial charge in [0.2, 0.25) is 5.72 Å². The third-order valence-corrected chi connectivity index (χ3v) is 26.3. The van der Waals surface area contributed by atoms with E-state index >= 15 is 0 Å². The third kappa shape index (κ3) is 11.9. The number of aliphatic hydroxyl groups is 3. The molecule has 7 aromatic carbocycles. The maximum absolute atomic E-state index is 14.9. The van der Waals surface area contributed by atoms with E-state index < -0.39 is 62.6 Å². The summed E-state index contributed by atoms with van der Waals surface area (Å²) in [5, 5.41) is 53.3. The minimum Gasteiger partial charge on any atom is -0.748 e. The van der Waals surface area contributed by atoms with Crippen molar-refractivity contribution in [2.75, 3.05) is 13.7 Å². The van der Waals surface area contributed by atoms with Crippen LogP contribution in [0.25, 0.3) is 10.8 Å². The van der Waals surface area contributed by atoms with Crippen molar-refractivity contribution in [1.82, 2.24) is 5.32 Å². The molecule has 5 aliphatic heterocycles. The van der Waals surface area contributed by atoms with Crippen LogP contribution in [0, 0.1) is 65.1 Å². The average molecular weight is 1340 g/mol. The number of nitrogens with two attached hydrogens (primary N) is 2. The number of phenols is 1. The van der Waals surface area contributed by atoms with Gasteiger partial charge in [0.25, 0.3) is 0 Å². The van der Waals surface area contributed by atoms with Gasteiger partial charge in [0.05, 0.1) is 33.2 Å². The molecule has 0 unspecified atom stereocenters. The molecule has 0 aromatic heterocycles. The van der Waals surface area contributed by atoms with Crippen LogP contribution < -0.4 is 51.1 Å².